The molecule has 2 aromatic carbocycles. The van der Waals surface area contributed by atoms with E-state index >= 15 is 0 Å². The fourth-order valence-corrected chi connectivity index (χ4v) is 4.89. The molecule has 0 fully saturated rings. The van der Waals surface area contributed by atoms with Crippen LogP contribution in [-0.2, 0) is 26.2 Å². The van der Waals surface area contributed by atoms with Crippen LogP contribution in [0.5, 0.6) is 5.75 Å². The molecule has 0 unspecified atom stereocenters. The summed E-state index contributed by atoms with van der Waals surface area (Å²) in [6.45, 7) is 4.75. The van der Waals surface area contributed by atoms with Crippen LogP contribution in [-0.4, -0.2) is 57.6 Å². The molecule has 0 aromatic heterocycles. The number of sulfonamides is 1. The monoisotopic (exact) mass is 581 g/mol. The highest BCUT2D eigenvalue weighted by atomic mass is 79.9. The van der Waals surface area contributed by atoms with Crippen LogP contribution in [0, 0.1) is 0 Å². The quantitative estimate of drug-likeness (QED) is 0.335. The van der Waals surface area contributed by atoms with Gasteiger partial charge in [-0.05, 0) is 61.7 Å². The number of methoxy groups -OCH3 is 1. The highest BCUT2D eigenvalue weighted by Crippen LogP contribution is 2.22. The lowest BCUT2D eigenvalue weighted by molar-refractivity contribution is -0.140. The van der Waals surface area contributed by atoms with Crippen LogP contribution in [0.1, 0.15) is 45.1 Å². The number of carbonyl (C=O) groups excluding carboxylic acids is 2. The molecule has 36 heavy (non-hydrogen) atoms. The van der Waals surface area contributed by atoms with E-state index in [0.29, 0.717) is 24.4 Å². The smallest absolute Gasteiger partial charge is 0.242 e. The van der Waals surface area contributed by atoms with Crippen LogP contribution in [0.2, 0.25) is 0 Å². The molecule has 2 rings (SSSR count). The van der Waals surface area contributed by atoms with Crippen LogP contribution >= 0.6 is 15.9 Å². The normalized spacial score (nSPS) is 12.0. The molecular formula is C26H36BrN3O5S. The summed E-state index contributed by atoms with van der Waals surface area (Å²) >= 11 is 3.41. The number of hydrogen-bond donors (Lipinski definition) is 1. The van der Waals surface area contributed by atoms with Gasteiger partial charge in [-0.2, -0.15) is 0 Å². The molecule has 10 heteroatoms. The molecule has 0 saturated heterocycles. The highest BCUT2D eigenvalue weighted by Gasteiger charge is 2.26. The summed E-state index contributed by atoms with van der Waals surface area (Å²) in [5.74, 6) is 0.210. The van der Waals surface area contributed by atoms with E-state index in [1.807, 2.05) is 31.2 Å². The molecule has 2 amide bonds. The maximum Gasteiger partial charge on any atom is 0.242 e. The Morgan fingerprint density at radius 3 is 2.25 bits per heavy atom. The first-order chi connectivity index (χ1) is 17.1. The molecule has 2 aromatic rings. The predicted molar refractivity (Wildman–Crippen MR) is 146 cm³/mol. The molecule has 8 nitrogen and oxygen atoms in total. The lowest BCUT2D eigenvalue weighted by Crippen LogP contribution is -2.47. The predicted octanol–water partition coefficient (Wildman–Crippen LogP) is 4.34. The molecular weight excluding hydrogens is 546 g/mol. The van der Waals surface area contributed by atoms with Gasteiger partial charge in [-0.3, -0.25) is 13.9 Å². The number of halogens is 1. The van der Waals surface area contributed by atoms with Crippen molar-refractivity contribution in [2.45, 2.75) is 52.1 Å². The fourth-order valence-electron chi connectivity index (χ4n) is 3.66. The summed E-state index contributed by atoms with van der Waals surface area (Å²) in [7, 11) is -2.01. The van der Waals surface area contributed by atoms with Crippen LogP contribution in [0.4, 0.5) is 5.69 Å². The van der Waals surface area contributed by atoms with Gasteiger partial charge < -0.3 is 15.0 Å². The maximum atomic E-state index is 13.3. The zero-order chi connectivity index (χ0) is 26.7. The zero-order valence-corrected chi connectivity index (χ0v) is 23.8. The number of ether oxygens (including phenoxy) is 1. The second kappa shape index (κ2) is 14.2. The summed E-state index contributed by atoms with van der Waals surface area (Å²) in [6, 6.07) is 13.7. The Morgan fingerprint density at radius 1 is 1.06 bits per heavy atom. The molecule has 1 N–H and O–H groups in total. The van der Waals surface area contributed by atoms with Gasteiger partial charge in [0.25, 0.3) is 0 Å². The number of carbonyl (C=O) groups is 2. The Kier molecular flexibility index (Phi) is 11.7. The summed E-state index contributed by atoms with van der Waals surface area (Å²) < 4.78 is 32.2. The van der Waals surface area contributed by atoms with Crippen molar-refractivity contribution in [3.63, 3.8) is 0 Å². The molecule has 0 spiro atoms. The third-order valence-corrected chi connectivity index (χ3v) is 7.50. The summed E-state index contributed by atoms with van der Waals surface area (Å²) in [5, 5.41) is 2.90. The SMILES string of the molecule is CCCCNC(=O)[C@H](C)N(Cc1ccc(Br)cc1)C(=O)CCCN(c1ccc(OC)cc1)S(C)(=O)=O. The maximum absolute atomic E-state index is 13.3. The van der Waals surface area contributed by atoms with Gasteiger partial charge in [0.15, 0.2) is 0 Å². The van der Waals surface area contributed by atoms with E-state index in [-0.39, 0.29) is 31.3 Å². The average molecular weight is 583 g/mol. The molecule has 0 saturated carbocycles. The Hall–Kier alpha value is -2.59. The molecule has 0 heterocycles. The van der Waals surface area contributed by atoms with Crippen molar-refractivity contribution in [1.82, 2.24) is 10.2 Å². The van der Waals surface area contributed by atoms with E-state index in [0.717, 1.165) is 29.1 Å². The van der Waals surface area contributed by atoms with Crippen LogP contribution in [0.15, 0.2) is 53.0 Å². The van der Waals surface area contributed by atoms with E-state index in [4.69, 9.17) is 4.74 Å². The largest absolute Gasteiger partial charge is 0.497 e. The minimum absolute atomic E-state index is 0.102. The lowest BCUT2D eigenvalue weighted by Gasteiger charge is -2.29. The molecule has 0 aliphatic heterocycles. The lowest BCUT2D eigenvalue weighted by atomic mass is 10.1. The first-order valence-corrected chi connectivity index (χ1v) is 14.6. The minimum Gasteiger partial charge on any atom is -0.497 e. The number of anilines is 1. The van der Waals surface area contributed by atoms with E-state index in [1.54, 1.807) is 43.2 Å². The number of amides is 2. The number of benzene rings is 2. The summed E-state index contributed by atoms with van der Waals surface area (Å²) in [5.41, 5.74) is 1.40. The average Bonchev–Trinajstić information content (AvgIpc) is 2.85. The van der Waals surface area contributed by atoms with Gasteiger partial charge in [0.1, 0.15) is 11.8 Å². The highest BCUT2D eigenvalue weighted by molar-refractivity contribution is 9.10. The van der Waals surface area contributed by atoms with Gasteiger partial charge in [-0.1, -0.05) is 41.4 Å². The van der Waals surface area contributed by atoms with Gasteiger partial charge in [-0.25, -0.2) is 8.42 Å². The van der Waals surface area contributed by atoms with Crippen molar-refractivity contribution >= 4 is 43.5 Å². The molecule has 0 aliphatic carbocycles. The Morgan fingerprint density at radius 2 is 1.69 bits per heavy atom. The second-order valence-electron chi connectivity index (χ2n) is 8.61. The third-order valence-electron chi connectivity index (χ3n) is 5.78. The molecule has 1 atom stereocenters. The van der Waals surface area contributed by atoms with Crippen molar-refractivity contribution < 1.29 is 22.7 Å². The third kappa shape index (κ3) is 9.13. The van der Waals surface area contributed by atoms with Gasteiger partial charge >= 0.3 is 0 Å². The number of nitrogens with one attached hydrogen (secondary N) is 1. The summed E-state index contributed by atoms with van der Waals surface area (Å²) in [4.78, 5) is 27.6. The number of hydrogen-bond acceptors (Lipinski definition) is 5. The van der Waals surface area contributed by atoms with Gasteiger partial charge in [-0.15, -0.1) is 0 Å². The molecule has 0 radical (unpaired) electrons. The number of rotatable bonds is 14. The number of unbranched alkanes of at least 4 members (excludes halogenated alkanes) is 1. The van der Waals surface area contributed by atoms with E-state index < -0.39 is 16.1 Å². The summed E-state index contributed by atoms with van der Waals surface area (Å²) in [6.07, 6.45) is 3.37. The zero-order valence-electron chi connectivity index (χ0n) is 21.4. The van der Waals surface area contributed by atoms with E-state index in [9.17, 15) is 18.0 Å². The standard InChI is InChI=1S/C26H36BrN3O5S/c1-5-6-17-28-26(32)20(2)29(19-21-9-11-22(27)12-10-21)25(31)8-7-18-30(36(4,33)34)23-13-15-24(35-3)16-14-23/h9-16,20H,5-8,17-19H2,1-4H3,(H,28,32)/t20-/m0/s1. The second-order valence-corrected chi connectivity index (χ2v) is 11.4. The van der Waals surface area contributed by atoms with Crippen molar-refractivity contribution in [3.05, 3.63) is 58.6 Å². The number of nitrogens with zero attached hydrogens (tertiary/aromatic N) is 2. The molecule has 0 bridgehead atoms. The van der Waals surface area contributed by atoms with Crippen molar-refractivity contribution in [2.24, 2.45) is 0 Å². The Bertz CT molecular complexity index is 1090. The Labute approximate surface area is 223 Å². The van der Waals surface area contributed by atoms with Crippen LogP contribution < -0.4 is 14.4 Å². The van der Waals surface area contributed by atoms with Crippen LogP contribution in [0.3, 0.4) is 0 Å². The van der Waals surface area contributed by atoms with Gasteiger partial charge in [0, 0.05) is 30.5 Å². The fraction of sp³-hybridized carbons (Fsp3) is 0.462. The molecule has 198 valence electrons. The first kappa shape index (κ1) is 29.6. The van der Waals surface area contributed by atoms with E-state index in [2.05, 4.69) is 21.2 Å². The van der Waals surface area contributed by atoms with Crippen LogP contribution in [0.25, 0.3) is 0 Å². The van der Waals surface area contributed by atoms with E-state index in [1.165, 1.54) is 4.31 Å². The van der Waals surface area contributed by atoms with Crippen molar-refractivity contribution in [1.29, 1.82) is 0 Å². The van der Waals surface area contributed by atoms with Crippen molar-refractivity contribution in [2.75, 3.05) is 30.8 Å². The Balaban J connectivity index is 2.13. The van der Waals surface area contributed by atoms with Gasteiger partial charge in [0.05, 0.1) is 19.1 Å². The molecule has 0 aliphatic rings. The van der Waals surface area contributed by atoms with Gasteiger partial charge in [0.2, 0.25) is 21.8 Å². The first-order valence-electron chi connectivity index (χ1n) is 12.0. The topological polar surface area (TPSA) is 96.0 Å². The van der Waals surface area contributed by atoms with Crippen molar-refractivity contribution in [3.8, 4) is 5.75 Å². The minimum atomic E-state index is -3.55.